The Kier molecular flexibility index (Phi) is 3.14. The highest BCUT2D eigenvalue weighted by atomic mass is 19.3. The highest BCUT2D eigenvalue weighted by Gasteiger charge is 2.17. The van der Waals surface area contributed by atoms with Gasteiger partial charge in [0.05, 0.1) is 18.2 Å². The minimum Gasteiger partial charge on any atom is -0.505 e. The zero-order chi connectivity index (χ0) is 11.4. The molecule has 4 nitrogen and oxygen atoms in total. The van der Waals surface area contributed by atoms with E-state index in [1.54, 1.807) is 12.1 Å². The van der Waals surface area contributed by atoms with Gasteiger partial charge in [-0.25, -0.2) is 13.8 Å². The third-order valence-electron chi connectivity index (χ3n) is 1.70. The Bertz CT molecular complexity index is 460. The zero-order valence-corrected chi connectivity index (χ0v) is 7.41. The molecule has 0 aliphatic carbocycles. The van der Waals surface area contributed by atoms with E-state index in [1.165, 1.54) is 0 Å². The molecule has 0 fully saturated rings. The lowest BCUT2D eigenvalue weighted by molar-refractivity contribution is 0.149. The Balaban J connectivity index is 3.35. The van der Waals surface area contributed by atoms with E-state index in [-0.39, 0.29) is 17.8 Å². The molecule has 0 unspecified atom stereocenters. The summed E-state index contributed by atoms with van der Waals surface area (Å²) in [4.78, 5) is 3.49. The third-order valence-corrected chi connectivity index (χ3v) is 1.70. The normalized spacial score (nSPS) is 9.67. The van der Waals surface area contributed by atoms with Gasteiger partial charge in [-0.1, -0.05) is 0 Å². The number of hydrogen-bond acceptors (Lipinski definition) is 4. The van der Waals surface area contributed by atoms with E-state index in [2.05, 4.69) is 4.98 Å². The molecule has 1 aromatic heterocycles. The monoisotopic (exact) mass is 209 g/mol. The number of pyridine rings is 1. The number of hydrogen-bond donors (Lipinski definition) is 1. The molecule has 1 heterocycles. The quantitative estimate of drug-likeness (QED) is 0.803. The SMILES string of the molecule is N#CCc1nc(C#N)c(O)cc1C(F)F. The van der Waals surface area contributed by atoms with Crippen LogP contribution in [0, 0.1) is 22.7 Å². The second-order valence-electron chi connectivity index (χ2n) is 2.64. The molecule has 6 heteroatoms. The summed E-state index contributed by atoms with van der Waals surface area (Å²) in [7, 11) is 0. The van der Waals surface area contributed by atoms with Crippen LogP contribution in [-0.4, -0.2) is 10.1 Å². The first kappa shape index (κ1) is 10.9. The molecular weight excluding hydrogens is 204 g/mol. The van der Waals surface area contributed by atoms with Gasteiger partial charge in [0.1, 0.15) is 6.07 Å². The van der Waals surface area contributed by atoms with Gasteiger partial charge in [0.25, 0.3) is 6.43 Å². The predicted molar refractivity (Wildman–Crippen MR) is 44.9 cm³/mol. The maximum Gasteiger partial charge on any atom is 0.265 e. The topological polar surface area (TPSA) is 80.7 Å². The average molecular weight is 209 g/mol. The van der Waals surface area contributed by atoms with Crippen molar-refractivity contribution in [2.45, 2.75) is 12.8 Å². The van der Waals surface area contributed by atoms with Crippen molar-refractivity contribution in [3.05, 3.63) is 23.0 Å². The molecule has 0 aromatic carbocycles. The Morgan fingerprint density at radius 2 is 2.13 bits per heavy atom. The molecule has 15 heavy (non-hydrogen) atoms. The first-order valence-corrected chi connectivity index (χ1v) is 3.88. The molecule has 0 radical (unpaired) electrons. The van der Waals surface area contributed by atoms with Crippen molar-refractivity contribution in [1.82, 2.24) is 4.98 Å². The second kappa shape index (κ2) is 4.34. The van der Waals surface area contributed by atoms with Gasteiger partial charge in [-0.15, -0.1) is 0 Å². The second-order valence-corrected chi connectivity index (χ2v) is 2.64. The van der Waals surface area contributed by atoms with Crippen LogP contribution in [0.3, 0.4) is 0 Å². The molecule has 1 N–H and O–H groups in total. The van der Waals surface area contributed by atoms with Crippen molar-refractivity contribution in [3.8, 4) is 17.9 Å². The van der Waals surface area contributed by atoms with E-state index in [9.17, 15) is 8.78 Å². The van der Waals surface area contributed by atoms with Crippen molar-refractivity contribution < 1.29 is 13.9 Å². The maximum atomic E-state index is 12.4. The van der Waals surface area contributed by atoms with Crippen LogP contribution in [0.4, 0.5) is 8.78 Å². The number of nitriles is 2. The average Bonchev–Trinajstić information content (AvgIpc) is 2.20. The molecule has 76 valence electrons. The molecular formula is C9H5F2N3O. The lowest BCUT2D eigenvalue weighted by Gasteiger charge is -2.06. The molecule has 1 aromatic rings. The number of aromatic nitrogens is 1. The van der Waals surface area contributed by atoms with E-state index in [4.69, 9.17) is 15.6 Å². The van der Waals surface area contributed by atoms with Gasteiger partial charge in [0, 0.05) is 5.56 Å². The fourth-order valence-corrected chi connectivity index (χ4v) is 1.04. The molecule has 0 aliphatic rings. The van der Waals surface area contributed by atoms with Crippen LogP contribution in [0.15, 0.2) is 6.07 Å². The van der Waals surface area contributed by atoms with Crippen LogP contribution in [0.5, 0.6) is 5.75 Å². The Morgan fingerprint density at radius 3 is 2.60 bits per heavy atom. The van der Waals surface area contributed by atoms with Crippen molar-refractivity contribution in [2.75, 3.05) is 0 Å². The third kappa shape index (κ3) is 2.18. The summed E-state index contributed by atoms with van der Waals surface area (Å²) < 4.78 is 24.8. The largest absolute Gasteiger partial charge is 0.505 e. The minimum absolute atomic E-state index is 0.179. The lowest BCUT2D eigenvalue weighted by Crippen LogP contribution is -2.00. The summed E-state index contributed by atoms with van der Waals surface area (Å²) in [5, 5.41) is 26.0. The molecule has 0 atom stereocenters. The first-order valence-electron chi connectivity index (χ1n) is 3.88. The maximum absolute atomic E-state index is 12.4. The van der Waals surface area contributed by atoms with E-state index in [0.29, 0.717) is 0 Å². The van der Waals surface area contributed by atoms with Crippen LogP contribution in [0.25, 0.3) is 0 Å². The van der Waals surface area contributed by atoms with E-state index >= 15 is 0 Å². The van der Waals surface area contributed by atoms with Crippen molar-refractivity contribution in [2.24, 2.45) is 0 Å². The van der Waals surface area contributed by atoms with Crippen LogP contribution in [-0.2, 0) is 6.42 Å². The molecule has 0 spiro atoms. The van der Waals surface area contributed by atoms with Crippen molar-refractivity contribution >= 4 is 0 Å². The Labute approximate surface area is 84.0 Å². The van der Waals surface area contributed by atoms with Gasteiger partial charge in [0.15, 0.2) is 11.4 Å². The summed E-state index contributed by atoms with van der Waals surface area (Å²) >= 11 is 0. The van der Waals surface area contributed by atoms with Crippen LogP contribution in [0.1, 0.15) is 23.4 Å². The van der Waals surface area contributed by atoms with Crippen molar-refractivity contribution in [1.29, 1.82) is 10.5 Å². The van der Waals surface area contributed by atoms with Gasteiger partial charge in [0.2, 0.25) is 0 Å². The summed E-state index contributed by atoms with van der Waals surface area (Å²) in [5.41, 5.74) is -1.06. The number of halogens is 2. The number of rotatable bonds is 2. The fraction of sp³-hybridized carbons (Fsp3) is 0.222. The standard InChI is InChI=1S/C9H5F2N3O/c10-9(11)5-3-8(15)7(4-13)14-6(5)1-2-12/h3,9,15H,1H2. The molecule has 0 aliphatic heterocycles. The molecule has 0 saturated carbocycles. The van der Waals surface area contributed by atoms with Crippen LogP contribution < -0.4 is 0 Å². The molecule has 1 rings (SSSR count). The van der Waals surface area contributed by atoms with Gasteiger partial charge >= 0.3 is 0 Å². The Hall–Kier alpha value is -2.21. The zero-order valence-electron chi connectivity index (χ0n) is 7.41. The first-order chi connectivity index (χ1) is 7.10. The van der Waals surface area contributed by atoms with E-state index in [0.717, 1.165) is 6.07 Å². The highest BCUT2D eigenvalue weighted by Crippen LogP contribution is 2.27. The van der Waals surface area contributed by atoms with Gasteiger partial charge < -0.3 is 5.11 Å². The summed E-state index contributed by atoms with van der Waals surface area (Å²) in [5.74, 6) is -0.602. The summed E-state index contributed by atoms with van der Waals surface area (Å²) in [6.45, 7) is 0. The van der Waals surface area contributed by atoms with Gasteiger partial charge in [-0.05, 0) is 6.07 Å². The number of aromatic hydroxyl groups is 1. The molecule has 0 saturated heterocycles. The smallest absolute Gasteiger partial charge is 0.265 e. The van der Waals surface area contributed by atoms with Crippen molar-refractivity contribution in [3.63, 3.8) is 0 Å². The lowest BCUT2D eigenvalue weighted by atomic mass is 10.1. The Morgan fingerprint density at radius 1 is 1.47 bits per heavy atom. The van der Waals surface area contributed by atoms with Crippen LogP contribution >= 0.6 is 0 Å². The minimum atomic E-state index is -2.83. The van der Waals surface area contributed by atoms with Crippen LogP contribution in [0.2, 0.25) is 0 Å². The van der Waals surface area contributed by atoms with E-state index in [1.807, 2.05) is 0 Å². The number of nitrogens with zero attached hydrogens (tertiary/aromatic N) is 3. The highest BCUT2D eigenvalue weighted by molar-refractivity contribution is 5.42. The van der Waals surface area contributed by atoms with Gasteiger partial charge in [-0.2, -0.15) is 10.5 Å². The van der Waals surface area contributed by atoms with Gasteiger partial charge in [-0.3, -0.25) is 0 Å². The molecule has 0 bridgehead atoms. The van der Waals surface area contributed by atoms with E-state index < -0.39 is 17.7 Å². The fourth-order valence-electron chi connectivity index (χ4n) is 1.04. The number of alkyl halides is 2. The summed E-state index contributed by atoms with van der Waals surface area (Å²) in [6, 6.07) is 3.97. The predicted octanol–water partition coefficient (Wildman–Crippen LogP) is 1.66. The summed E-state index contributed by atoms with van der Waals surface area (Å²) in [6.07, 6.45) is -3.16. The molecule has 0 amide bonds.